The van der Waals surface area contributed by atoms with E-state index in [1.807, 2.05) is 0 Å². The molecular weight excluding hydrogens is 439 g/mol. The van der Waals surface area contributed by atoms with Gasteiger partial charge in [0.05, 0.1) is 18.3 Å². The van der Waals surface area contributed by atoms with E-state index in [-0.39, 0.29) is 12.2 Å². The van der Waals surface area contributed by atoms with Gasteiger partial charge in [-0.15, -0.1) is 10.2 Å². The third-order valence-corrected chi connectivity index (χ3v) is 5.51. The number of carbonyl (C=O) groups is 1. The molecule has 1 aliphatic rings. The van der Waals surface area contributed by atoms with Gasteiger partial charge in [0.2, 0.25) is 11.9 Å². The van der Waals surface area contributed by atoms with Crippen LogP contribution in [0.3, 0.4) is 0 Å². The van der Waals surface area contributed by atoms with Crippen LogP contribution in [-0.2, 0) is 11.8 Å². The number of carbonyl (C=O) groups excluding carboxylic acids is 1. The Morgan fingerprint density at radius 2 is 1.97 bits per heavy atom. The van der Waals surface area contributed by atoms with Crippen LogP contribution in [0.4, 0.5) is 30.8 Å². The Balaban J connectivity index is 1.58. The number of aromatic nitrogens is 7. The van der Waals surface area contributed by atoms with Crippen LogP contribution in [-0.4, -0.2) is 53.5 Å². The molecule has 1 unspecified atom stereocenters. The second-order valence-electron chi connectivity index (χ2n) is 7.76. The molecule has 1 amide bonds. The third kappa shape index (κ3) is 3.85. The van der Waals surface area contributed by atoms with Gasteiger partial charge >= 0.3 is 6.18 Å². The van der Waals surface area contributed by atoms with Crippen LogP contribution >= 0.6 is 0 Å². The predicted molar refractivity (Wildman–Crippen MR) is 112 cm³/mol. The first-order valence-corrected chi connectivity index (χ1v) is 10.0. The van der Waals surface area contributed by atoms with Crippen molar-refractivity contribution in [1.29, 1.82) is 0 Å². The van der Waals surface area contributed by atoms with Gasteiger partial charge < -0.3 is 10.2 Å². The number of amides is 1. The van der Waals surface area contributed by atoms with Crippen molar-refractivity contribution >= 4 is 29.1 Å². The van der Waals surface area contributed by atoms with Crippen LogP contribution in [0.25, 0.3) is 16.9 Å². The number of halogens is 3. The second kappa shape index (κ2) is 7.53. The number of alkyl halides is 3. The molecule has 1 aliphatic heterocycles. The van der Waals surface area contributed by atoms with E-state index in [4.69, 9.17) is 0 Å². The van der Waals surface area contributed by atoms with Crippen molar-refractivity contribution in [3.05, 3.63) is 42.5 Å². The summed E-state index contributed by atoms with van der Waals surface area (Å²) in [6.07, 6.45) is -2.68. The summed E-state index contributed by atoms with van der Waals surface area (Å²) in [5.41, 5.74) is 1.47. The van der Waals surface area contributed by atoms with E-state index in [2.05, 4.69) is 30.6 Å². The summed E-state index contributed by atoms with van der Waals surface area (Å²) in [5, 5.41) is 15.3. The van der Waals surface area contributed by atoms with Gasteiger partial charge in [-0.25, -0.2) is 9.97 Å². The van der Waals surface area contributed by atoms with Crippen molar-refractivity contribution in [3.8, 4) is 11.3 Å². The van der Waals surface area contributed by atoms with E-state index < -0.39 is 24.4 Å². The molecule has 13 heteroatoms. The molecule has 4 aromatic rings. The summed E-state index contributed by atoms with van der Waals surface area (Å²) in [5.74, 6) is -0.0407. The van der Waals surface area contributed by atoms with E-state index in [1.165, 1.54) is 16.3 Å². The second-order valence-corrected chi connectivity index (χ2v) is 7.76. The first kappa shape index (κ1) is 20.8. The standard InChI is InChI=1S/C20H18F3N9O/c1-30-16-8-11(13-3-5-24-19(26-13)27-14-4-6-25-31(14)2)7-15-28-29-18(32(15)16)12(9-17(30)33)10-20(21,22)23/h3-8,12H,9-10H2,1-2H3,(H,24,26,27). The summed E-state index contributed by atoms with van der Waals surface area (Å²) in [7, 11) is 3.30. The van der Waals surface area contributed by atoms with Crippen LogP contribution in [0.2, 0.25) is 0 Å². The Morgan fingerprint density at radius 1 is 1.15 bits per heavy atom. The molecule has 0 saturated carbocycles. The Morgan fingerprint density at radius 3 is 2.70 bits per heavy atom. The smallest absolute Gasteiger partial charge is 0.309 e. The lowest BCUT2D eigenvalue weighted by molar-refractivity contribution is -0.140. The Labute approximate surface area is 185 Å². The Bertz CT molecular complexity index is 1360. The SMILES string of the molecule is CN1C(=O)CC(CC(F)(F)F)c2nnc3cc(-c4ccnc(Nc5ccnn5C)n4)cc1n23. The molecule has 0 saturated heterocycles. The minimum Gasteiger partial charge on any atom is -0.309 e. The van der Waals surface area contributed by atoms with Crippen LogP contribution in [0.5, 0.6) is 0 Å². The quantitative estimate of drug-likeness (QED) is 0.502. The van der Waals surface area contributed by atoms with Crippen molar-refractivity contribution in [2.24, 2.45) is 7.05 Å². The fourth-order valence-electron chi connectivity index (χ4n) is 3.88. The van der Waals surface area contributed by atoms with Gasteiger partial charge in [0.1, 0.15) is 17.5 Å². The molecular formula is C20H18F3N9O. The predicted octanol–water partition coefficient (Wildman–Crippen LogP) is 3.07. The summed E-state index contributed by atoms with van der Waals surface area (Å²) in [4.78, 5) is 22.8. The van der Waals surface area contributed by atoms with E-state index in [0.717, 1.165) is 0 Å². The Kier molecular flexibility index (Phi) is 4.76. The molecule has 1 atom stereocenters. The van der Waals surface area contributed by atoms with Gasteiger partial charge in [0, 0.05) is 44.3 Å². The molecule has 5 rings (SSSR count). The molecule has 5 heterocycles. The first-order valence-electron chi connectivity index (χ1n) is 10.0. The number of nitrogens with one attached hydrogen (secondary N) is 1. The number of anilines is 3. The van der Waals surface area contributed by atoms with Gasteiger partial charge in [-0.2, -0.15) is 18.3 Å². The van der Waals surface area contributed by atoms with Gasteiger partial charge in [-0.3, -0.25) is 13.9 Å². The number of rotatable bonds is 4. The molecule has 0 aromatic carbocycles. The molecule has 10 nitrogen and oxygen atoms in total. The Hall–Kier alpha value is -4.03. The van der Waals surface area contributed by atoms with Crippen LogP contribution in [0, 0.1) is 0 Å². The lowest BCUT2D eigenvalue weighted by Crippen LogP contribution is -2.27. The fraction of sp³-hybridized carbons (Fsp3) is 0.300. The maximum absolute atomic E-state index is 13.1. The zero-order chi connectivity index (χ0) is 23.3. The number of pyridine rings is 1. The van der Waals surface area contributed by atoms with Crippen LogP contribution in [0.15, 0.2) is 36.7 Å². The zero-order valence-corrected chi connectivity index (χ0v) is 17.6. The van der Waals surface area contributed by atoms with Gasteiger partial charge in [-0.05, 0) is 18.2 Å². The maximum atomic E-state index is 13.1. The number of hydrogen-bond donors (Lipinski definition) is 1. The average molecular weight is 457 g/mol. The molecule has 4 aromatic heterocycles. The highest BCUT2D eigenvalue weighted by molar-refractivity contribution is 5.94. The summed E-state index contributed by atoms with van der Waals surface area (Å²) in [6.45, 7) is 0. The van der Waals surface area contributed by atoms with Gasteiger partial charge in [0.15, 0.2) is 5.65 Å². The monoisotopic (exact) mass is 457 g/mol. The number of nitrogens with zero attached hydrogens (tertiary/aromatic N) is 8. The molecule has 0 radical (unpaired) electrons. The summed E-state index contributed by atoms with van der Waals surface area (Å²) < 4.78 is 42.5. The highest BCUT2D eigenvalue weighted by Gasteiger charge is 2.38. The lowest BCUT2D eigenvalue weighted by atomic mass is 10.00. The zero-order valence-electron chi connectivity index (χ0n) is 17.6. The largest absolute Gasteiger partial charge is 0.389 e. The highest BCUT2D eigenvalue weighted by atomic mass is 19.4. The minimum absolute atomic E-state index is 0.114. The average Bonchev–Trinajstić information content (AvgIpc) is 3.35. The molecule has 170 valence electrons. The summed E-state index contributed by atoms with van der Waals surface area (Å²) in [6, 6.07) is 6.81. The van der Waals surface area contributed by atoms with E-state index in [0.29, 0.717) is 34.5 Å². The molecule has 33 heavy (non-hydrogen) atoms. The van der Waals surface area contributed by atoms with Crippen LogP contribution < -0.4 is 10.2 Å². The molecule has 0 spiro atoms. The maximum Gasteiger partial charge on any atom is 0.389 e. The fourth-order valence-corrected chi connectivity index (χ4v) is 3.88. The summed E-state index contributed by atoms with van der Waals surface area (Å²) >= 11 is 0. The topological polar surface area (TPSA) is 106 Å². The molecule has 1 N–H and O–H groups in total. The molecule has 0 fully saturated rings. The van der Waals surface area contributed by atoms with E-state index in [9.17, 15) is 18.0 Å². The van der Waals surface area contributed by atoms with Crippen molar-refractivity contribution in [1.82, 2.24) is 34.3 Å². The molecule has 0 bridgehead atoms. The lowest BCUT2D eigenvalue weighted by Gasteiger charge is -2.17. The normalized spacial score (nSPS) is 16.3. The number of aryl methyl sites for hydroxylation is 1. The van der Waals surface area contributed by atoms with E-state index >= 15 is 0 Å². The van der Waals surface area contributed by atoms with Gasteiger partial charge in [-0.1, -0.05) is 0 Å². The van der Waals surface area contributed by atoms with E-state index in [1.54, 1.807) is 48.4 Å². The van der Waals surface area contributed by atoms with Crippen molar-refractivity contribution in [3.63, 3.8) is 0 Å². The van der Waals surface area contributed by atoms with Crippen molar-refractivity contribution < 1.29 is 18.0 Å². The number of hydrogen-bond acceptors (Lipinski definition) is 7. The molecule has 0 aliphatic carbocycles. The van der Waals surface area contributed by atoms with Crippen LogP contribution in [0.1, 0.15) is 24.6 Å². The van der Waals surface area contributed by atoms with Crippen molar-refractivity contribution in [2.45, 2.75) is 24.9 Å². The van der Waals surface area contributed by atoms with Crippen molar-refractivity contribution in [2.75, 3.05) is 17.3 Å². The third-order valence-electron chi connectivity index (χ3n) is 5.51. The van der Waals surface area contributed by atoms with Gasteiger partial charge in [0.25, 0.3) is 0 Å². The first-order chi connectivity index (χ1) is 15.7. The minimum atomic E-state index is -4.43. The highest BCUT2D eigenvalue weighted by Crippen LogP contribution is 2.38.